The van der Waals surface area contributed by atoms with E-state index in [1.165, 1.54) is 0 Å². The normalized spacial score (nSPS) is 10.4. The number of hydrogen-bond acceptors (Lipinski definition) is 4. The first kappa shape index (κ1) is 14.9. The summed E-state index contributed by atoms with van der Waals surface area (Å²) in [6, 6.07) is 6.84. The fraction of sp³-hybridized carbons (Fsp3) is 0.214. The number of nitrogens with two attached hydrogens (primary N) is 1. The molecule has 0 spiro atoms. The highest BCUT2D eigenvalue weighted by molar-refractivity contribution is 6.42. The number of pyridine rings is 1. The van der Waals surface area contributed by atoms with E-state index < -0.39 is 0 Å². The smallest absolute Gasteiger partial charge is 0.222 e. The van der Waals surface area contributed by atoms with Crippen molar-refractivity contribution in [2.45, 2.75) is 6.92 Å². The van der Waals surface area contributed by atoms with Gasteiger partial charge >= 0.3 is 0 Å². The summed E-state index contributed by atoms with van der Waals surface area (Å²) in [6.07, 6.45) is 1.61. The maximum atomic E-state index is 5.98. The van der Waals surface area contributed by atoms with Gasteiger partial charge in [-0.25, -0.2) is 4.98 Å². The van der Waals surface area contributed by atoms with Crippen LogP contribution >= 0.6 is 23.2 Å². The van der Waals surface area contributed by atoms with Gasteiger partial charge in [0.05, 0.1) is 10.0 Å². The Labute approximate surface area is 127 Å². The topological polar surface area (TPSA) is 57.4 Å². The SMILES string of the molecule is Cc1cc(Cl)c(Cl)cc1Oc1cc(OCCN)ccn1. The van der Waals surface area contributed by atoms with E-state index >= 15 is 0 Å². The molecule has 1 aromatic heterocycles. The molecule has 0 amide bonds. The Kier molecular flexibility index (Phi) is 5.06. The summed E-state index contributed by atoms with van der Waals surface area (Å²) in [7, 11) is 0. The summed E-state index contributed by atoms with van der Waals surface area (Å²) in [4.78, 5) is 4.13. The maximum absolute atomic E-state index is 5.98. The minimum absolute atomic E-state index is 0.418. The molecule has 0 unspecified atom stereocenters. The molecule has 20 heavy (non-hydrogen) atoms. The van der Waals surface area contributed by atoms with Crippen molar-refractivity contribution >= 4 is 23.2 Å². The molecule has 0 saturated heterocycles. The molecule has 0 aliphatic carbocycles. The van der Waals surface area contributed by atoms with Crippen LogP contribution in [0.15, 0.2) is 30.5 Å². The first-order valence-corrected chi connectivity index (χ1v) is 6.78. The number of aromatic nitrogens is 1. The molecular weight excluding hydrogens is 299 g/mol. The molecule has 2 N–H and O–H groups in total. The van der Waals surface area contributed by atoms with E-state index in [0.29, 0.717) is 40.6 Å². The van der Waals surface area contributed by atoms with E-state index in [1.807, 2.05) is 6.92 Å². The van der Waals surface area contributed by atoms with E-state index in [2.05, 4.69) is 4.98 Å². The van der Waals surface area contributed by atoms with Crippen LogP contribution in [0.1, 0.15) is 5.56 Å². The van der Waals surface area contributed by atoms with Crippen molar-refractivity contribution in [2.24, 2.45) is 5.73 Å². The number of benzene rings is 1. The largest absolute Gasteiger partial charge is 0.492 e. The number of aryl methyl sites for hydroxylation is 1. The third-order valence-corrected chi connectivity index (χ3v) is 3.25. The van der Waals surface area contributed by atoms with E-state index in [4.69, 9.17) is 38.4 Å². The quantitative estimate of drug-likeness (QED) is 0.911. The standard InChI is InChI=1S/C14H14Cl2N2O2/c1-9-6-11(15)12(16)8-13(9)20-14-7-10(2-4-18-14)19-5-3-17/h2,4,6-8H,3,5,17H2,1H3. The zero-order valence-corrected chi connectivity index (χ0v) is 12.4. The van der Waals surface area contributed by atoms with Crippen molar-refractivity contribution in [3.05, 3.63) is 46.1 Å². The lowest BCUT2D eigenvalue weighted by atomic mass is 10.2. The lowest BCUT2D eigenvalue weighted by molar-refractivity contribution is 0.325. The Hall–Kier alpha value is -1.49. The Morgan fingerprint density at radius 2 is 1.95 bits per heavy atom. The average molecular weight is 313 g/mol. The Balaban J connectivity index is 2.19. The van der Waals surface area contributed by atoms with Crippen LogP contribution in [0.5, 0.6) is 17.4 Å². The van der Waals surface area contributed by atoms with Crippen molar-refractivity contribution in [1.29, 1.82) is 0 Å². The van der Waals surface area contributed by atoms with Crippen LogP contribution in [0.2, 0.25) is 10.0 Å². The fourth-order valence-electron chi connectivity index (χ4n) is 1.56. The van der Waals surface area contributed by atoms with Crippen molar-refractivity contribution in [3.8, 4) is 17.4 Å². The predicted molar refractivity (Wildman–Crippen MR) is 80.1 cm³/mol. The van der Waals surface area contributed by atoms with Crippen molar-refractivity contribution in [1.82, 2.24) is 4.98 Å². The molecule has 6 heteroatoms. The second-order valence-corrected chi connectivity index (χ2v) is 4.92. The summed E-state index contributed by atoms with van der Waals surface area (Å²) in [6.45, 7) is 2.77. The molecule has 0 bridgehead atoms. The van der Waals surface area contributed by atoms with Gasteiger partial charge in [-0.15, -0.1) is 0 Å². The lowest BCUT2D eigenvalue weighted by Gasteiger charge is -2.10. The highest BCUT2D eigenvalue weighted by Crippen LogP contribution is 2.32. The average Bonchev–Trinajstić information content (AvgIpc) is 2.43. The van der Waals surface area contributed by atoms with Gasteiger partial charge in [0, 0.05) is 24.9 Å². The third-order valence-electron chi connectivity index (χ3n) is 2.53. The van der Waals surface area contributed by atoms with Crippen molar-refractivity contribution < 1.29 is 9.47 Å². The Morgan fingerprint density at radius 3 is 2.70 bits per heavy atom. The minimum Gasteiger partial charge on any atom is -0.492 e. The first-order valence-electron chi connectivity index (χ1n) is 6.02. The molecule has 1 heterocycles. The van der Waals surface area contributed by atoms with E-state index in [9.17, 15) is 0 Å². The van der Waals surface area contributed by atoms with Gasteiger partial charge in [0.1, 0.15) is 18.1 Å². The van der Waals surface area contributed by atoms with Crippen LogP contribution in [0.4, 0.5) is 0 Å². The van der Waals surface area contributed by atoms with E-state index in [-0.39, 0.29) is 0 Å². The molecular formula is C14H14Cl2N2O2. The number of rotatable bonds is 5. The zero-order chi connectivity index (χ0) is 14.5. The summed E-state index contributed by atoms with van der Waals surface area (Å²) >= 11 is 11.9. The van der Waals surface area contributed by atoms with Gasteiger partial charge in [0.15, 0.2) is 0 Å². The van der Waals surface area contributed by atoms with Gasteiger partial charge in [-0.2, -0.15) is 0 Å². The second kappa shape index (κ2) is 6.79. The number of nitrogens with zero attached hydrogens (tertiary/aromatic N) is 1. The summed E-state index contributed by atoms with van der Waals surface area (Å²) < 4.78 is 11.1. The number of ether oxygens (including phenoxy) is 2. The number of halogens is 2. The second-order valence-electron chi connectivity index (χ2n) is 4.10. The summed E-state index contributed by atoms with van der Waals surface area (Å²) in [5.74, 6) is 1.67. The van der Waals surface area contributed by atoms with Gasteiger partial charge < -0.3 is 15.2 Å². The summed E-state index contributed by atoms with van der Waals surface area (Å²) in [5, 5.41) is 0.923. The molecule has 0 fully saturated rings. The third kappa shape index (κ3) is 3.76. The molecule has 2 aromatic rings. The minimum atomic E-state index is 0.418. The van der Waals surface area contributed by atoms with E-state index in [0.717, 1.165) is 5.56 Å². The van der Waals surface area contributed by atoms with Crippen LogP contribution in [0.3, 0.4) is 0 Å². The van der Waals surface area contributed by atoms with Gasteiger partial charge in [-0.1, -0.05) is 23.2 Å². The van der Waals surface area contributed by atoms with Crippen LogP contribution in [-0.4, -0.2) is 18.1 Å². The van der Waals surface area contributed by atoms with Crippen molar-refractivity contribution in [3.63, 3.8) is 0 Å². The van der Waals surface area contributed by atoms with Crippen LogP contribution in [0, 0.1) is 6.92 Å². The Bertz CT molecular complexity index is 606. The number of hydrogen-bond donors (Lipinski definition) is 1. The van der Waals surface area contributed by atoms with Crippen LogP contribution < -0.4 is 15.2 Å². The summed E-state index contributed by atoms with van der Waals surface area (Å²) in [5.41, 5.74) is 6.26. The molecule has 0 radical (unpaired) electrons. The molecule has 0 saturated carbocycles. The monoisotopic (exact) mass is 312 g/mol. The lowest BCUT2D eigenvalue weighted by Crippen LogP contribution is -2.10. The predicted octanol–water partition coefficient (Wildman–Crippen LogP) is 3.83. The maximum Gasteiger partial charge on any atom is 0.222 e. The fourth-order valence-corrected chi connectivity index (χ4v) is 1.94. The van der Waals surface area contributed by atoms with Gasteiger partial charge in [-0.05, 0) is 24.6 Å². The molecule has 1 aromatic carbocycles. The molecule has 4 nitrogen and oxygen atoms in total. The molecule has 0 atom stereocenters. The molecule has 2 rings (SSSR count). The Morgan fingerprint density at radius 1 is 1.20 bits per heavy atom. The van der Waals surface area contributed by atoms with Crippen LogP contribution in [0.25, 0.3) is 0 Å². The molecule has 0 aliphatic rings. The van der Waals surface area contributed by atoms with E-state index in [1.54, 1.807) is 30.5 Å². The first-order chi connectivity index (χ1) is 9.60. The molecule has 106 valence electrons. The highest BCUT2D eigenvalue weighted by atomic mass is 35.5. The van der Waals surface area contributed by atoms with Crippen molar-refractivity contribution in [2.75, 3.05) is 13.2 Å². The van der Waals surface area contributed by atoms with Crippen LogP contribution in [-0.2, 0) is 0 Å². The molecule has 0 aliphatic heterocycles. The zero-order valence-electron chi connectivity index (χ0n) is 10.9. The van der Waals surface area contributed by atoms with Gasteiger partial charge in [-0.3, -0.25) is 0 Å². The van der Waals surface area contributed by atoms with Gasteiger partial charge in [0.25, 0.3) is 0 Å². The highest BCUT2D eigenvalue weighted by Gasteiger charge is 2.08. The van der Waals surface area contributed by atoms with Gasteiger partial charge in [0.2, 0.25) is 5.88 Å².